The summed E-state index contributed by atoms with van der Waals surface area (Å²) in [5, 5.41) is 2.73. The molecule has 0 atom stereocenters. The van der Waals surface area contributed by atoms with Gasteiger partial charge in [-0.3, -0.25) is 9.20 Å². The molecule has 1 aromatic carbocycles. The quantitative estimate of drug-likeness (QED) is 0.521. The monoisotopic (exact) mass is 415 g/mol. The second kappa shape index (κ2) is 7.32. The van der Waals surface area contributed by atoms with Gasteiger partial charge in [-0.2, -0.15) is 0 Å². The number of hydrogen-bond acceptors (Lipinski definition) is 5. The van der Waals surface area contributed by atoms with Crippen molar-refractivity contribution < 1.29 is 13.6 Å². The maximum Gasteiger partial charge on any atom is 0.293 e. The summed E-state index contributed by atoms with van der Waals surface area (Å²) in [5.41, 5.74) is 3.74. The Balaban J connectivity index is 1.46. The average Bonchev–Trinajstić information content (AvgIpc) is 3.48. The molecule has 4 aromatic rings. The highest BCUT2D eigenvalue weighted by Crippen LogP contribution is 2.27. The van der Waals surface area contributed by atoms with E-state index < -0.39 is 11.7 Å². The van der Waals surface area contributed by atoms with Gasteiger partial charge < -0.3 is 9.73 Å². The fourth-order valence-corrected chi connectivity index (χ4v) is 3.57. The van der Waals surface area contributed by atoms with E-state index in [1.165, 1.54) is 23.8 Å². The van der Waals surface area contributed by atoms with Gasteiger partial charge in [-0.25, -0.2) is 19.3 Å². The molecular formula is C23H18FN5O2. The summed E-state index contributed by atoms with van der Waals surface area (Å²) in [6.07, 6.45) is 12.4. The molecule has 7 nitrogen and oxygen atoms in total. The number of rotatable bonds is 4. The fraction of sp³-hybridized carbons (Fsp3) is 0.130. The van der Waals surface area contributed by atoms with Crippen LogP contribution in [-0.2, 0) is 0 Å². The van der Waals surface area contributed by atoms with Gasteiger partial charge in [0, 0.05) is 42.3 Å². The molecule has 3 aromatic heterocycles. The summed E-state index contributed by atoms with van der Waals surface area (Å²) in [7, 11) is 0. The van der Waals surface area contributed by atoms with E-state index in [1.807, 2.05) is 18.3 Å². The van der Waals surface area contributed by atoms with Crippen molar-refractivity contribution in [3.8, 4) is 11.3 Å². The van der Waals surface area contributed by atoms with Gasteiger partial charge in [0.2, 0.25) is 11.5 Å². The number of benzene rings is 1. The number of oxazole rings is 1. The van der Waals surface area contributed by atoms with Gasteiger partial charge in [0.25, 0.3) is 5.91 Å². The van der Waals surface area contributed by atoms with Crippen molar-refractivity contribution in [2.75, 3.05) is 5.32 Å². The predicted octanol–water partition coefficient (Wildman–Crippen LogP) is 4.74. The molecule has 0 unspecified atom stereocenters. The lowest BCUT2D eigenvalue weighted by Gasteiger charge is -2.06. The first-order valence-electron chi connectivity index (χ1n) is 9.74. The number of anilines is 1. The zero-order chi connectivity index (χ0) is 21.5. The van der Waals surface area contributed by atoms with E-state index in [9.17, 15) is 9.18 Å². The lowest BCUT2D eigenvalue weighted by Crippen LogP contribution is -2.12. The average molecular weight is 415 g/mol. The van der Waals surface area contributed by atoms with E-state index in [2.05, 4.69) is 26.3 Å². The predicted molar refractivity (Wildman–Crippen MR) is 114 cm³/mol. The minimum atomic E-state index is -0.449. The summed E-state index contributed by atoms with van der Waals surface area (Å²) in [6, 6.07) is 4.32. The minimum Gasteiger partial charge on any atom is -0.436 e. The number of halogens is 1. The molecule has 0 bridgehead atoms. The smallest absolute Gasteiger partial charge is 0.293 e. The Morgan fingerprint density at radius 2 is 2.10 bits per heavy atom. The second-order valence-corrected chi connectivity index (χ2v) is 7.30. The van der Waals surface area contributed by atoms with Gasteiger partial charge in [0.15, 0.2) is 5.89 Å². The van der Waals surface area contributed by atoms with E-state index in [-0.39, 0.29) is 11.3 Å². The van der Waals surface area contributed by atoms with Crippen molar-refractivity contribution >= 4 is 22.9 Å². The van der Waals surface area contributed by atoms with E-state index in [1.54, 1.807) is 30.6 Å². The van der Waals surface area contributed by atoms with Crippen LogP contribution in [0.1, 0.15) is 34.1 Å². The molecule has 0 saturated heterocycles. The molecule has 1 aliphatic rings. The first-order chi connectivity index (χ1) is 15.0. The zero-order valence-electron chi connectivity index (χ0n) is 16.9. The number of nitrogens with zero attached hydrogens (tertiary/aromatic N) is 4. The minimum absolute atomic E-state index is 0.128. The molecule has 154 valence electrons. The molecule has 1 amide bonds. The zero-order valence-corrected chi connectivity index (χ0v) is 16.9. The highest BCUT2D eigenvalue weighted by atomic mass is 19.1. The van der Waals surface area contributed by atoms with E-state index in [0.717, 1.165) is 12.0 Å². The molecule has 0 saturated carbocycles. The van der Waals surface area contributed by atoms with Crippen molar-refractivity contribution in [2.45, 2.75) is 20.3 Å². The number of amides is 1. The maximum absolute atomic E-state index is 14.6. The third-order valence-corrected chi connectivity index (χ3v) is 5.06. The Kier molecular flexibility index (Phi) is 4.47. The van der Waals surface area contributed by atoms with Gasteiger partial charge >= 0.3 is 0 Å². The van der Waals surface area contributed by atoms with Gasteiger partial charge in [0.05, 0.1) is 11.4 Å². The Labute approximate surface area is 177 Å². The fourth-order valence-electron chi connectivity index (χ4n) is 3.57. The molecular weight excluding hydrogens is 397 g/mol. The Morgan fingerprint density at radius 1 is 1.23 bits per heavy atom. The van der Waals surface area contributed by atoms with E-state index in [4.69, 9.17) is 4.42 Å². The van der Waals surface area contributed by atoms with Gasteiger partial charge in [0.1, 0.15) is 5.82 Å². The summed E-state index contributed by atoms with van der Waals surface area (Å²) in [6.45, 7) is 3.36. The van der Waals surface area contributed by atoms with E-state index >= 15 is 0 Å². The van der Waals surface area contributed by atoms with Crippen LogP contribution >= 0.6 is 0 Å². The Morgan fingerprint density at radius 3 is 2.84 bits per heavy atom. The van der Waals surface area contributed by atoms with Gasteiger partial charge in [-0.15, -0.1) is 0 Å². The molecule has 1 N–H and O–H groups in total. The van der Waals surface area contributed by atoms with Crippen LogP contribution < -0.4 is 5.32 Å². The number of aryl methyl sites for hydroxylation is 2. The molecule has 8 heteroatoms. The summed E-state index contributed by atoms with van der Waals surface area (Å²) >= 11 is 0. The Hall–Kier alpha value is -4.07. The number of allylic oxidation sites excluding steroid dienone is 4. The molecule has 0 radical (unpaired) electrons. The molecule has 1 aliphatic carbocycles. The van der Waals surface area contributed by atoms with Crippen molar-refractivity contribution in [1.82, 2.24) is 19.4 Å². The lowest BCUT2D eigenvalue weighted by atomic mass is 10.1. The van der Waals surface area contributed by atoms with Crippen molar-refractivity contribution in [1.29, 1.82) is 0 Å². The summed E-state index contributed by atoms with van der Waals surface area (Å²) < 4.78 is 21.7. The molecule has 31 heavy (non-hydrogen) atoms. The summed E-state index contributed by atoms with van der Waals surface area (Å²) in [4.78, 5) is 25.4. The number of carbonyl (C=O) groups excluding carboxylic acids is 1. The van der Waals surface area contributed by atoms with Crippen LogP contribution in [0.3, 0.4) is 0 Å². The number of imidazole rings is 1. The van der Waals surface area contributed by atoms with Crippen LogP contribution in [-0.4, -0.2) is 25.3 Å². The number of nitrogens with one attached hydrogen (secondary N) is 1. The van der Waals surface area contributed by atoms with Crippen LogP contribution in [0.25, 0.3) is 22.6 Å². The van der Waals surface area contributed by atoms with Crippen molar-refractivity contribution in [3.05, 3.63) is 83.7 Å². The molecule has 3 heterocycles. The maximum atomic E-state index is 14.6. The van der Waals surface area contributed by atoms with Gasteiger partial charge in [-0.1, -0.05) is 18.2 Å². The SMILES string of the molecule is Cc1nc(C)c(C(=O)Nc2ccc(F)c(-c3cn4cc(C5=CC=CC5)cnc4n3)c2)o1. The highest BCUT2D eigenvalue weighted by Gasteiger charge is 2.18. The third kappa shape index (κ3) is 3.52. The van der Waals surface area contributed by atoms with Crippen molar-refractivity contribution in [2.24, 2.45) is 0 Å². The van der Waals surface area contributed by atoms with E-state index in [0.29, 0.717) is 28.7 Å². The van der Waals surface area contributed by atoms with Crippen LogP contribution in [0.15, 0.2) is 59.4 Å². The number of carbonyl (C=O) groups is 1. The molecule has 0 aliphatic heterocycles. The molecule has 5 rings (SSSR count). The summed E-state index contributed by atoms with van der Waals surface area (Å²) in [5.74, 6) is 0.102. The molecule has 0 spiro atoms. The second-order valence-electron chi connectivity index (χ2n) is 7.30. The molecule has 0 fully saturated rings. The Bertz CT molecular complexity index is 1400. The van der Waals surface area contributed by atoms with Crippen LogP contribution in [0.2, 0.25) is 0 Å². The third-order valence-electron chi connectivity index (χ3n) is 5.06. The first kappa shape index (κ1) is 18.9. The normalized spacial score (nSPS) is 13.1. The largest absolute Gasteiger partial charge is 0.436 e. The van der Waals surface area contributed by atoms with Crippen LogP contribution in [0, 0.1) is 19.7 Å². The number of fused-ring (bicyclic) bond motifs is 1. The van der Waals surface area contributed by atoms with Gasteiger partial charge in [-0.05, 0) is 37.1 Å². The van der Waals surface area contributed by atoms with Crippen LogP contribution in [0.5, 0.6) is 0 Å². The first-order valence-corrected chi connectivity index (χ1v) is 9.74. The van der Waals surface area contributed by atoms with Crippen LogP contribution in [0.4, 0.5) is 10.1 Å². The standard InChI is InChI=1S/C23H18FN5O2/c1-13-21(31-14(2)26-13)22(30)27-17-7-8-19(24)18(9-17)20-12-29-11-16(10-25-23(29)28-20)15-5-3-4-6-15/h3-5,7-12H,6H2,1-2H3,(H,27,30). The number of aromatic nitrogens is 4. The number of hydrogen-bond donors (Lipinski definition) is 1. The highest BCUT2D eigenvalue weighted by molar-refractivity contribution is 6.03. The lowest BCUT2D eigenvalue weighted by molar-refractivity contribution is 0.0994. The topological polar surface area (TPSA) is 85.3 Å². The van der Waals surface area contributed by atoms with Crippen molar-refractivity contribution in [3.63, 3.8) is 0 Å².